The van der Waals surface area contributed by atoms with Crippen LogP contribution in [0.1, 0.15) is 23.8 Å². The van der Waals surface area contributed by atoms with Crippen molar-refractivity contribution in [3.63, 3.8) is 0 Å². The van der Waals surface area contributed by atoms with Gasteiger partial charge in [-0.25, -0.2) is 0 Å². The Morgan fingerprint density at radius 3 is 2.56 bits per heavy atom. The van der Waals surface area contributed by atoms with E-state index in [4.69, 9.17) is 4.74 Å². The first kappa shape index (κ1) is 11.2. The third kappa shape index (κ3) is 3.11. The van der Waals surface area contributed by atoms with Gasteiger partial charge in [-0.1, -0.05) is 25.1 Å². The molecule has 0 saturated carbocycles. The fourth-order valence-corrected chi connectivity index (χ4v) is 2.28. The van der Waals surface area contributed by atoms with E-state index in [0.717, 1.165) is 25.2 Å². The first-order valence-corrected chi connectivity index (χ1v) is 6.50. The molecule has 0 aliphatic carbocycles. The molecule has 84 valence electrons. The summed E-state index contributed by atoms with van der Waals surface area (Å²) in [6.07, 6.45) is 2.07. The van der Waals surface area contributed by atoms with Gasteiger partial charge in [-0.15, -0.1) is 11.3 Å². The van der Waals surface area contributed by atoms with E-state index in [1.165, 1.54) is 10.4 Å². The zero-order chi connectivity index (χ0) is 11.2. The minimum Gasteiger partial charge on any atom is -0.494 e. The molecule has 0 radical (unpaired) electrons. The van der Waals surface area contributed by atoms with Gasteiger partial charge in [0.05, 0.1) is 6.61 Å². The average molecular weight is 232 g/mol. The molecule has 0 unspecified atom stereocenters. The highest BCUT2D eigenvalue weighted by atomic mass is 32.1. The Morgan fingerprint density at radius 2 is 1.94 bits per heavy atom. The zero-order valence-corrected chi connectivity index (χ0v) is 10.3. The van der Waals surface area contributed by atoms with Gasteiger partial charge in [0, 0.05) is 11.3 Å². The van der Waals surface area contributed by atoms with Gasteiger partial charge in [0.25, 0.3) is 0 Å². The lowest BCUT2D eigenvalue weighted by Gasteiger charge is -2.05. The Bertz CT molecular complexity index is 403. The standard InChI is InChI=1S/C14H16OS/c1-2-9-15-13-7-5-12(6-8-13)11-14-4-3-10-16-14/h3-8,10H,2,9,11H2,1H3. The van der Waals surface area contributed by atoms with E-state index in [0.29, 0.717) is 0 Å². The fourth-order valence-electron chi connectivity index (χ4n) is 1.54. The maximum Gasteiger partial charge on any atom is 0.119 e. The van der Waals surface area contributed by atoms with Crippen molar-refractivity contribution < 1.29 is 4.74 Å². The Kier molecular flexibility index (Phi) is 4.00. The van der Waals surface area contributed by atoms with Crippen molar-refractivity contribution in [3.05, 3.63) is 52.2 Å². The van der Waals surface area contributed by atoms with Crippen LogP contribution in [0, 0.1) is 0 Å². The molecule has 0 aliphatic heterocycles. The molecule has 0 fully saturated rings. The molecule has 0 saturated heterocycles. The van der Waals surface area contributed by atoms with Crippen molar-refractivity contribution in [2.45, 2.75) is 19.8 Å². The first-order valence-electron chi connectivity index (χ1n) is 5.62. The molecule has 16 heavy (non-hydrogen) atoms. The highest BCUT2D eigenvalue weighted by Crippen LogP contribution is 2.17. The molecule has 2 heteroatoms. The molecule has 0 atom stereocenters. The monoisotopic (exact) mass is 232 g/mol. The maximum atomic E-state index is 5.55. The third-order valence-corrected chi connectivity index (χ3v) is 3.23. The van der Waals surface area contributed by atoms with Crippen LogP contribution in [-0.4, -0.2) is 6.61 Å². The van der Waals surface area contributed by atoms with Gasteiger partial charge in [0.2, 0.25) is 0 Å². The van der Waals surface area contributed by atoms with Crippen LogP contribution in [0.3, 0.4) is 0 Å². The van der Waals surface area contributed by atoms with Crippen molar-refractivity contribution in [2.24, 2.45) is 0 Å². The largest absolute Gasteiger partial charge is 0.494 e. The zero-order valence-electron chi connectivity index (χ0n) is 9.48. The van der Waals surface area contributed by atoms with Gasteiger partial charge in [-0.05, 0) is 35.6 Å². The molecule has 1 nitrogen and oxygen atoms in total. The van der Waals surface area contributed by atoms with Crippen molar-refractivity contribution in [3.8, 4) is 5.75 Å². The summed E-state index contributed by atoms with van der Waals surface area (Å²) in [6.45, 7) is 2.91. The van der Waals surface area contributed by atoms with E-state index < -0.39 is 0 Å². The van der Waals surface area contributed by atoms with Crippen LogP contribution >= 0.6 is 11.3 Å². The minimum absolute atomic E-state index is 0.796. The van der Waals surface area contributed by atoms with E-state index >= 15 is 0 Å². The Morgan fingerprint density at radius 1 is 1.12 bits per heavy atom. The number of benzene rings is 1. The lowest BCUT2D eigenvalue weighted by Crippen LogP contribution is -1.94. The molecule has 1 aromatic heterocycles. The molecule has 1 heterocycles. The molecule has 0 bridgehead atoms. The van der Waals surface area contributed by atoms with Gasteiger partial charge >= 0.3 is 0 Å². The summed E-state index contributed by atoms with van der Waals surface area (Å²) >= 11 is 1.80. The van der Waals surface area contributed by atoms with Crippen LogP contribution in [0.2, 0.25) is 0 Å². The van der Waals surface area contributed by atoms with Crippen LogP contribution in [0.4, 0.5) is 0 Å². The predicted molar refractivity (Wildman–Crippen MR) is 69.4 cm³/mol. The normalized spacial score (nSPS) is 10.3. The maximum absolute atomic E-state index is 5.55. The summed E-state index contributed by atoms with van der Waals surface area (Å²) in [5, 5.41) is 2.12. The van der Waals surface area contributed by atoms with E-state index in [1.807, 2.05) is 0 Å². The van der Waals surface area contributed by atoms with Gasteiger partial charge in [0.1, 0.15) is 5.75 Å². The minimum atomic E-state index is 0.796. The second-order valence-electron chi connectivity index (χ2n) is 3.75. The second-order valence-corrected chi connectivity index (χ2v) is 4.78. The van der Waals surface area contributed by atoms with Crippen molar-refractivity contribution in [2.75, 3.05) is 6.61 Å². The van der Waals surface area contributed by atoms with Crippen LogP contribution in [-0.2, 0) is 6.42 Å². The van der Waals surface area contributed by atoms with E-state index in [2.05, 4.69) is 48.7 Å². The average Bonchev–Trinajstić information content (AvgIpc) is 2.81. The third-order valence-electron chi connectivity index (χ3n) is 2.35. The summed E-state index contributed by atoms with van der Waals surface area (Å²) in [6, 6.07) is 12.7. The van der Waals surface area contributed by atoms with Gasteiger partial charge in [0.15, 0.2) is 0 Å². The molecule has 1 aromatic carbocycles. The molecule has 0 amide bonds. The molecule has 2 rings (SSSR count). The lowest BCUT2D eigenvalue weighted by atomic mass is 10.1. The summed E-state index contributed by atoms with van der Waals surface area (Å²) in [5.41, 5.74) is 1.34. The summed E-state index contributed by atoms with van der Waals surface area (Å²) in [7, 11) is 0. The molecule has 2 aromatic rings. The van der Waals surface area contributed by atoms with Gasteiger partial charge in [-0.3, -0.25) is 0 Å². The van der Waals surface area contributed by atoms with E-state index in [1.54, 1.807) is 11.3 Å². The molecule has 0 spiro atoms. The van der Waals surface area contributed by atoms with Crippen molar-refractivity contribution >= 4 is 11.3 Å². The lowest BCUT2D eigenvalue weighted by molar-refractivity contribution is 0.317. The Labute approximate surface area is 101 Å². The van der Waals surface area contributed by atoms with Gasteiger partial charge in [-0.2, -0.15) is 0 Å². The van der Waals surface area contributed by atoms with Crippen LogP contribution < -0.4 is 4.74 Å². The highest BCUT2D eigenvalue weighted by Gasteiger charge is 1.98. The quantitative estimate of drug-likeness (QED) is 0.753. The highest BCUT2D eigenvalue weighted by molar-refractivity contribution is 7.09. The fraction of sp³-hybridized carbons (Fsp3) is 0.286. The number of thiophene rings is 1. The number of rotatable bonds is 5. The summed E-state index contributed by atoms with van der Waals surface area (Å²) in [5.74, 6) is 0.969. The van der Waals surface area contributed by atoms with Crippen LogP contribution in [0.25, 0.3) is 0 Å². The summed E-state index contributed by atoms with van der Waals surface area (Å²) in [4.78, 5) is 1.40. The molecular weight excluding hydrogens is 216 g/mol. The van der Waals surface area contributed by atoms with Crippen molar-refractivity contribution in [1.82, 2.24) is 0 Å². The van der Waals surface area contributed by atoms with E-state index in [-0.39, 0.29) is 0 Å². The van der Waals surface area contributed by atoms with E-state index in [9.17, 15) is 0 Å². The predicted octanol–water partition coefficient (Wildman–Crippen LogP) is 4.13. The molecular formula is C14H16OS. The molecule has 0 N–H and O–H groups in total. The number of hydrogen-bond donors (Lipinski definition) is 0. The SMILES string of the molecule is CCCOc1ccc(Cc2cccs2)cc1. The topological polar surface area (TPSA) is 9.23 Å². The molecule has 0 aliphatic rings. The Hall–Kier alpha value is -1.28. The number of hydrogen-bond acceptors (Lipinski definition) is 2. The number of ether oxygens (including phenoxy) is 1. The smallest absolute Gasteiger partial charge is 0.119 e. The van der Waals surface area contributed by atoms with Gasteiger partial charge < -0.3 is 4.74 Å². The van der Waals surface area contributed by atoms with Crippen LogP contribution in [0.15, 0.2) is 41.8 Å². The van der Waals surface area contributed by atoms with Crippen molar-refractivity contribution in [1.29, 1.82) is 0 Å². The first-order chi connectivity index (χ1) is 7.88. The second kappa shape index (κ2) is 5.71. The van der Waals surface area contributed by atoms with Crippen LogP contribution in [0.5, 0.6) is 5.75 Å². The Balaban J connectivity index is 1.96. The summed E-state index contributed by atoms with van der Waals surface area (Å²) < 4.78 is 5.55.